The molecule has 0 spiro atoms. The molecule has 3 N–H and O–H groups in total. The first kappa shape index (κ1) is 19.1. The van der Waals surface area contributed by atoms with Gasteiger partial charge < -0.3 is 19.7 Å². The lowest BCUT2D eigenvalue weighted by Gasteiger charge is -2.19. The van der Waals surface area contributed by atoms with Crippen molar-refractivity contribution in [3.63, 3.8) is 0 Å². The molecule has 0 bridgehead atoms. The summed E-state index contributed by atoms with van der Waals surface area (Å²) < 4.78 is 5.98. The van der Waals surface area contributed by atoms with Crippen LogP contribution in [0.3, 0.4) is 0 Å². The molecule has 0 aromatic carbocycles. The van der Waals surface area contributed by atoms with Crippen molar-refractivity contribution in [2.24, 2.45) is 0 Å². The zero-order valence-corrected chi connectivity index (χ0v) is 14.6. The average Bonchev–Trinajstić information content (AvgIpc) is 2.43. The van der Waals surface area contributed by atoms with E-state index in [1.165, 1.54) is 32.1 Å². The Labute approximate surface area is 122 Å². The van der Waals surface area contributed by atoms with Crippen LogP contribution in [0.25, 0.3) is 0 Å². The molecule has 1 atom stereocenters. The van der Waals surface area contributed by atoms with Crippen LogP contribution in [0.5, 0.6) is 0 Å². The Hall–Kier alpha value is 0.0569. The van der Waals surface area contributed by atoms with Crippen LogP contribution in [-0.4, -0.2) is 41.6 Å². The number of nitrogens with one attached hydrogen (secondary N) is 3. The summed E-state index contributed by atoms with van der Waals surface area (Å²) >= 11 is 0. The zero-order valence-electron chi connectivity index (χ0n) is 13.4. The third-order valence-corrected chi connectivity index (χ3v) is 5.10. The van der Waals surface area contributed by atoms with E-state index in [-0.39, 0.29) is 0 Å². The number of unbranched alkanes of at least 4 members (excludes halogenated alkanes) is 2. The second kappa shape index (κ2) is 14.5. The third kappa shape index (κ3) is 12.8. The molecule has 0 aromatic rings. The molecule has 0 heterocycles. The molecule has 0 saturated heterocycles. The van der Waals surface area contributed by atoms with Crippen LogP contribution in [0, 0.1) is 0 Å². The fourth-order valence-electron chi connectivity index (χ4n) is 1.64. The molecule has 0 amide bonds. The third-order valence-electron chi connectivity index (χ3n) is 3.21. The molecule has 0 aliphatic rings. The summed E-state index contributed by atoms with van der Waals surface area (Å²) in [6.07, 6.45) is 6.10. The molecular weight excluding hydrogens is 254 g/mol. The highest BCUT2D eigenvalue weighted by molar-refractivity contribution is 6.45. The van der Waals surface area contributed by atoms with Crippen molar-refractivity contribution in [3.8, 4) is 0 Å². The smallest absolute Gasteiger partial charge is 0.335 e. The topological polar surface area (TPSA) is 45.3 Å². The van der Waals surface area contributed by atoms with Gasteiger partial charge in [0.2, 0.25) is 0 Å². The minimum absolute atomic E-state index is 0.588. The van der Waals surface area contributed by atoms with Gasteiger partial charge in [0.05, 0.1) is 0 Å². The monoisotopic (exact) mass is 289 g/mol. The summed E-state index contributed by atoms with van der Waals surface area (Å²) in [5.74, 6) is 0. The lowest BCUT2D eigenvalue weighted by Crippen LogP contribution is -2.51. The van der Waals surface area contributed by atoms with E-state index < -0.39 is 9.36 Å². The molecule has 0 aliphatic carbocycles. The first-order chi connectivity index (χ1) is 9.24. The van der Waals surface area contributed by atoms with Gasteiger partial charge in [-0.1, -0.05) is 33.6 Å². The van der Waals surface area contributed by atoms with Crippen molar-refractivity contribution < 1.29 is 4.43 Å². The first-order valence-electron chi connectivity index (χ1n) is 8.06. The molecule has 0 saturated carbocycles. The molecule has 0 aliphatic heterocycles. The summed E-state index contributed by atoms with van der Waals surface area (Å²) in [6.45, 7) is 12.8. The van der Waals surface area contributed by atoms with E-state index in [4.69, 9.17) is 4.43 Å². The summed E-state index contributed by atoms with van der Waals surface area (Å²) in [7, 11) is -1.41. The maximum absolute atomic E-state index is 5.98. The molecule has 4 nitrogen and oxygen atoms in total. The normalized spacial score (nSPS) is 13.1. The van der Waals surface area contributed by atoms with Crippen LogP contribution in [0.15, 0.2) is 0 Å². The van der Waals surface area contributed by atoms with Crippen LogP contribution < -0.4 is 15.3 Å². The first-order valence-corrected chi connectivity index (χ1v) is 9.68. The minimum Gasteiger partial charge on any atom is -0.393 e. The fourth-order valence-corrected chi connectivity index (χ4v) is 3.30. The van der Waals surface area contributed by atoms with E-state index in [2.05, 4.69) is 43.0 Å². The van der Waals surface area contributed by atoms with E-state index in [1.807, 2.05) is 0 Å². The molecule has 19 heavy (non-hydrogen) atoms. The zero-order chi connectivity index (χ0) is 14.3. The van der Waals surface area contributed by atoms with Crippen molar-refractivity contribution in [3.05, 3.63) is 0 Å². The molecule has 0 fully saturated rings. The maximum Gasteiger partial charge on any atom is 0.335 e. The highest BCUT2D eigenvalue weighted by atomic mass is 28.3. The highest BCUT2D eigenvalue weighted by Gasteiger charge is 2.10. The van der Waals surface area contributed by atoms with Crippen LogP contribution in [0.1, 0.15) is 59.8 Å². The summed E-state index contributed by atoms with van der Waals surface area (Å²) in [6, 6.07) is 0.588. The Balaban J connectivity index is 3.70. The van der Waals surface area contributed by atoms with Gasteiger partial charge >= 0.3 is 9.36 Å². The molecule has 0 radical (unpaired) electrons. The van der Waals surface area contributed by atoms with Crippen molar-refractivity contribution in [1.29, 1.82) is 0 Å². The highest BCUT2D eigenvalue weighted by Crippen LogP contribution is 1.89. The summed E-state index contributed by atoms with van der Waals surface area (Å²) in [5, 5.41) is 3.46. The number of rotatable bonds is 14. The average molecular weight is 290 g/mol. The predicted molar refractivity (Wildman–Crippen MR) is 86.7 cm³/mol. The summed E-state index contributed by atoms with van der Waals surface area (Å²) in [4.78, 5) is 7.12. The van der Waals surface area contributed by atoms with Crippen molar-refractivity contribution in [2.75, 3.05) is 26.2 Å². The van der Waals surface area contributed by atoms with E-state index in [0.29, 0.717) is 6.04 Å². The van der Waals surface area contributed by atoms with Crippen molar-refractivity contribution in [1.82, 2.24) is 15.3 Å². The SMILES string of the molecule is CCCCN[SiH](NCCCC)OCCNC(C)CC. The molecule has 1 unspecified atom stereocenters. The maximum atomic E-state index is 5.98. The van der Waals surface area contributed by atoms with Gasteiger partial charge in [0.1, 0.15) is 0 Å². The Bertz CT molecular complexity index is 174. The standard InChI is InChI=1S/C14H35N3OSi/c1-5-8-10-16-19(17-11-9-6-2)18-13-12-15-14(4)7-3/h14-17,19H,5-13H2,1-4H3. The molecular formula is C14H35N3OSi. The molecule has 116 valence electrons. The second-order valence-electron chi connectivity index (χ2n) is 5.13. The Morgan fingerprint density at radius 1 is 0.947 bits per heavy atom. The number of hydrogen-bond acceptors (Lipinski definition) is 4. The van der Waals surface area contributed by atoms with Crippen LogP contribution in [-0.2, 0) is 4.43 Å². The lowest BCUT2D eigenvalue weighted by molar-refractivity contribution is 0.291. The molecule has 0 aromatic heterocycles. The molecule has 5 heteroatoms. The summed E-state index contributed by atoms with van der Waals surface area (Å²) in [5.41, 5.74) is 0. The van der Waals surface area contributed by atoms with Crippen LogP contribution in [0.2, 0.25) is 0 Å². The van der Waals surface area contributed by atoms with Gasteiger partial charge in [-0.25, -0.2) is 0 Å². The molecule has 0 rings (SSSR count). The fraction of sp³-hybridized carbons (Fsp3) is 1.00. The van der Waals surface area contributed by atoms with Gasteiger partial charge in [0.15, 0.2) is 0 Å². The quantitative estimate of drug-likeness (QED) is 0.337. The minimum atomic E-state index is -1.41. The van der Waals surface area contributed by atoms with E-state index in [9.17, 15) is 0 Å². The van der Waals surface area contributed by atoms with Crippen molar-refractivity contribution >= 4 is 9.36 Å². The predicted octanol–water partition coefficient (Wildman–Crippen LogP) is 1.89. The Kier molecular flexibility index (Phi) is 14.5. The van der Waals surface area contributed by atoms with E-state index >= 15 is 0 Å². The largest absolute Gasteiger partial charge is 0.393 e. The van der Waals surface area contributed by atoms with Gasteiger partial charge in [-0.05, 0) is 39.3 Å². The van der Waals surface area contributed by atoms with Crippen LogP contribution in [0.4, 0.5) is 0 Å². The van der Waals surface area contributed by atoms with Gasteiger partial charge in [-0.2, -0.15) is 0 Å². The van der Waals surface area contributed by atoms with Gasteiger partial charge in [-0.15, -0.1) is 0 Å². The van der Waals surface area contributed by atoms with E-state index in [1.54, 1.807) is 0 Å². The van der Waals surface area contributed by atoms with Crippen LogP contribution >= 0.6 is 0 Å². The lowest BCUT2D eigenvalue weighted by atomic mass is 10.3. The van der Waals surface area contributed by atoms with E-state index in [0.717, 1.165) is 26.2 Å². The van der Waals surface area contributed by atoms with Gasteiger partial charge in [0.25, 0.3) is 0 Å². The van der Waals surface area contributed by atoms with Gasteiger partial charge in [0, 0.05) is 19.2 Å². The van der Waals surface area contributed by atoms with Crippen molar-refractivity contribution in [2.45, 2.75) is 65.8 Å². The van der Waals surface area contributed by atoms with Gasteiger partial charge in [-0.3, -0.25) is 0 Å². The Morgan fingerprint density at radius 3 is 2.00 bits per heavy atom. The number of hydrogen-bond donors (Lipinski definition) is 3. The second-order valence-corrected chi connectivity index (χ2v) is 7.04. The Morgan fingerprint density at radius 2 is 1.53 bits per heavy atom.